The van der Waals surface area contributed by atoms with E-state index in [1.54, 1.807) is 24.3 Å². The molecule has 8 heteroatoms. The van der Waals surface area contributed by atoms with Gasteiger partial charge in [-0.1, -0.05) is 42.0 Å². The standard InChI is InChI=1S/C28H34N2O4S2/c1-4-34-26-14-16-27(17-15-26)36(32,33)30(25-12-10-22(2)11-13-25)20-28(31)29-18-7-19-35-21-24-9-6-5-8-23(24)3/h5-6,8-17H,4,7,18-21H2,1-3H3,(H,29,31). The zero-order valence-corrected chi connectivity index (χ0v) is 22.7. The van der Waals surface area contributed by atoms with E-state index in [1.165, 1.54) is 23.3 Å². The van der Waals surface area contributed by atoms with Crippen molar-refractivity contribution in [3.05, 3.63) is 89.5 Å². The van der Waals surface area contributed by atoms with E-state index in [0.29, 0.717) is 24.6 Å². The number of rotatable bonds is 13. The fourth-order valence-corrected chi connectivity index (χ4v) is 6.03. The number of amides is 1. The van der Waals surface area contributed by atoms with E-state index in [0.717, 1.165) is 27.8 Å². The number of carbonyl (C=O) groups is 1. The van der Waals surface area contributed by atoms with Crippen LogP contribution in [0.15, 0.2) is 77.7 Å². The van der Waals surface area contributed by atoms with Crippen molar-refractivity contribution < 1.29 is 17.9 Å². The SMILES string of the molecule is CCOc1ccc(S(=O)(=O)N(CC(=O)NCCCSCc2ccccc2C)c2ccc(C)cc2)cc1. The molecule has 6 nitrogen and oxygen atoms in total. The second-order valence-corrected chi connectivity index (χ2v) is 11.4. The van der Waals surface area contributed by atoms with E-state index in [9.17, 15) is 13.2 Å². The van der Waals surface area contributed by atoms with Crippen LogP contribution in [0.5, 0.6) is 5.75 Å². The molecule has 3 rings (SSSR count). The molecule has 0 unspecified atom stereocenters. The maximum atomic E-state index is 13.5. The van der Waals surface area contributed by atoms with Gasteiger partial charge in [0.05, 0.1) is 17.2 Å². The number of hydrogen-bond acceptors (Lipinski definition) is 5. The molecular weight excluding hydrogens is 492 g/mol. The number of thioether (sulfide) groups is 1. The van der Waals surface area contributed by atoms with Crippen LogP contribution in [-0.4, -0.2) is 39.8 Å². The third-order valence-corrected chi connectivity index (χ3v) is 8.52. The molecule has 0 aromatic heterocycles. The molecule has 192 valence electrons. The molecule has 3 aromatic carbocycles. The summed E-state index contributed by atoms with van der Waals surface area (Å²) in [6, 6.07) is 21.7. The summed E-state index contributed by atoms with van der Waals surface area (Å²) >= 11 is 1.82. The van der Waals surface area contributed by atoms with Gasteiger partial charge >= 0.3 is 0 Å². The second kappa shape index (κ2) is 13.4. The minimum atomic E-state index is -3.95. The zero-order valence-electron chi connectivity index (χ0n) is 21.1. The first-order valence-electron chi connectivity index (χ1n) is 12.0. The molecule has 0 aliphatic carbocycles. The highest BCUT2D eigenvalue weighted by molar-refractivity contribution is 7.98. The number of benzene rings is 3. The molecule has 0 radical (unpaired) electrons. The van der Waals surface area contributed by atoms with Gasteiger partial charge in [-0.25, -0.2) is 8.42 Å². The summed E-state index contributed by atoms with van der Waals surface area (Å²) in [4.78, 5) is 12.9. The first-order valence-corrected chi connectivity index (χ1v) is 14.6. The van der Waals surface area contributed by atoms with Gasteiger partial charge in [0.2, 0.25) is 5.91 Å². The van der Waals surface area contributed by atoms with Crippen molar-refractivity contribution in [2.45, 2.75) is 37.8 Å². The molecule has 36 heavy (non-hydrogen) atoms. The fraction of sp³-hybridized carbons (Fsp3) is 0.321. The van der Waals surface area contributed by atoms with Crippen LogP contribution in [0, 0.1) is 13.8 Å². The number of nitrogens with zero attached hydrogens (tertiary/aromatic N) is 1. The van der Waals surface area contributed by atoms with Crippen molar-refractivity contribution in [2.75, 3.05) is 29.8 Å². The van der Waals surface area contributed by atoms with Gasteiger partial charge in [0.1, 0.15) is 12.3 Å². The average Bonchev–Trinajstić information content (AvgIpc) is 2.87. The number of nitrogens with one attached hydrogen (secondary N) is 1. The molecule has 1 amide bonds. The number of carbonyl (C=O) groups excluding carboxylic acids is 1. The van der Waals surface area contributed by atoms with Crippen LogP contribution in [0.1, 0.15) is 30.0 Å². The number of hydrogen-bond donors (Lipinski definition) is 1. The number of anilines is 1. The molecular formula is C28H34N2O4S2. The molecule has 0 fully saturated rings. The Balaban J connectivity index is 1.60. The summed E-state index contributed by atoms with van der Waals surface area (Å²) in [5.74, 6) is 2.09. The van der Waals surface area contributed by atoms with Crippen molar-refractivity contribution >= 4 is 33.4 Å². The van der Waals surface area contributed by atoms with E-state index in [4.69, 9.17) is 4.74 Å². The van der Waals surface area contributed by atoms with Gasteiger partial charge in [-0.05, 0) is 80.5 Å². The summed E-state index contributed by atoms with van der Waals surface area (Å²) in [6.45, 7) is 6.59. The number of ether oxygens (including phenoxy) is 1. The first-order chi connectivity index (χ1) is 17.3. The lowest BCUT2D eigenvalue weighted by molar-refractivity contribution is -0.119. The third kappa shape index (κ3) is 7.77. The van der Waals surface area contributed by atoms with Crippen LogP contribution in [-0.2, 0) is 20.6 Å². The van der Waals surface area contributed by atoms with E-state index >= 15 is 0 Å². The Labute approximate surface area is 219 Å². The topological polar surface area (TPSA) is 75.7 Å². The van der Waals surface area contributed by atoms with Crippen molar-refractivity contribution in [3.8, 4) is 5.75 Å². The van der Waals surface area contributed by atoms with Gasteiger partial charge in [0, 0.05) is 12.3 Å². The maximum Gasteiger partial charge on any atom is 0.264 e. The zero-order chi connectivity index (χ0) is 26.0. The summed E-state index contributed by atoms with van der Waals surface area (Å²) in [6.07, 6.45) is 0.804. The minimum Gasteiger partial charge on any atom is -0.494 e. The molecule has 0 atom stereocenters. The fourth-order valence-electron chi connectivity index (χ4n) is 3.57. The smallest absolute Gasteiger partial charge is 0.264 e. The molecule has 0 saturated heterocycles. The lowest BCUT2D eigenvalue weighted by Crippen LogP contribution is -2.41. The Bertz CT molecular complexity index is 1230. The van der Waals surface area contributed by atoms with Gasteiger partial charge in [0.25, 0.3) is 10.0 Å². The maximum absolute atomic E-state index is 13.5. The molecule has 0 spiro atoms. The van der Waals surface area contributed by atoms with Gasteiger partial charge < -0.3 is 10.1 Å². The summed E-state index contributed by atoms with van der Waals surface area (Å²) in [5.41, 5.74) is 4.05. The van der Waals surface area contributed by atoms with E-state index in [-0.39, 0.29) is 17.3 Å². The van der Waals surface area contributed by atoms with Crippen LogP contribution in [0.2, 0.25) is 0 Å². The van der Waals surface area contributed by atoms with Crippen molar-refractivity contribution in [1.29, 1.82) is 0 Å². The number of sulfonamides is 1. The summed E-state index contributed by atoms with van der Waals surface area (Å²) < 4.78 is 33.6. The van der Waals surface area contributed by atoms with Gasteiger partial charge in [-0.2, -0.15) is 11.8 Å². The molecule has 0 heterocycles. The van der Waals surface area contributed by atoms with Crippen molar-refractivity contribution in [2.24, 2.45) is 0 Å². The molecule has 3 aromatic rings. The van der Waals surface area contributed by atoms with Crippen LogP contribution < -0.4 is 14.4 Å². The van der Waals surface area contributed by atoms with Gasteiger partial charge in [-0.15, -0.1) is 0 Å². The molecule has 0 aliphatic rings. The van der Waals surface area contributed by atoms with Gasteiger partial charge in [0.15, 0.2) is 0 Å². The molecule has 0 aliphatic heterocycles. The monoisotopic (exact) mass is 526 g/mol. The minimum absolute atomic E-state index is 0.104. The van der Waals surface area contributed by atoms with Crippen LogP contribution in [0.3, 0.4) is 0 Å². The predicted octanol–water partition coefficient (Wildman–Crippen LogP) is 5.34. The quantitative estimate of drug-likeness (QED) is 0.305. The Morgan fingerprint density at radius 3 is 2.33 bits per heavy atom. The lowest BCUT2D eigenvalue weighted by Gasteiger charge is -2.24. The van der Waals surface area contributed by atoms with Gasteiger partial charge in [-0.3, -0.25) is 9.10 Å². The summed E-state index contributed by atoms with van der Waals surface area (Å²) in [7, 11) is -3.95. The molecule has 1 N–H and O–H groups in total. The van der Waals surface area contributed by atoms with Crippen molar-refractivity contribution in [3.63, 3.8) is 0 Å². The third-order valence-electron chi connectivity index (χ3n) is 5.64. The Morgan fingerprint density at radius 2 is 1.67 bits per heavy atom. The Hall–Kier alpha value is -2.97. The average molecular weight is 527 g/mol. The van der Waals surface area contributed by atoms with Crippen molar-refractivity contribution in [1.82, 2.24) is 5.32 Å². The van der Waals surface area contributed by atoms with E-state index < -0.39 is 10.0 Å². The highest BCUT2D eigenvalue weighted by Crippen LogP contribution is 2.25. The highest BCUT2D eigenvalue weighted by atomic mass is 32.2. The molecule has 0 saturated carbocycles. The highest BCUT2D eigenvalue weighted by Gasteiger charge is 2.27. The lowest BCUT2D eigenvalue weighted by atomic mass is 10.1. The predicted molar refractivity (Wildman–Crippen MR) is 148 cm³/mol. The van der Waals surface area contributed by atoms with E-state index in [1.807, 2.05) is 49.9 Å². The Morgan fingerprint density at radius 1 is 0.972 bits per heavy atom. The second-order valence-electron chi connectivity index (χ2n) is 8.43. The normalized spacial score (nSPS) is 11.2. The van der Waals surface area contributed by atoms with E-state index in [2.05, 4.69) is 24.4 Å². The summed E-state index contributed by atoms with van der Waals surface area (Å²) in [5, 5.41) is 2.88. The molecule has 0 bridgehead atoms. The van der Waals surface area contributed by atoms with Crippen LogP contribution >= 0.6 is 11.8 Å². The first kappa shape index (κ1) is 27.6. The number of aryl methyl sites for hydroxylation is 2. The van der Waals surface area contributed by atoms with Crippen LogP contribution in [0.4, 0.5) is 5.69 Å². The largest absolute Gasteiger partial charge is 0.494 e. The Kier molecular flexibility index (Phi) is 10.3. The van der Waals surface area contributed by atoms with Crippen LogP contribution in [0.25, 0.3) is 0 Å².